The highest BCUT2D eigenvalue weighted by Crippen LogP contribution is 2.33. The van der Waals surface area contributed by atoms with E-state index in [1.807, 2.05) is 0 Å². The molecular formula is C26H37F6N7O4Si. The van der Waals surface area contributed by atoms with Gasteiger partial charge in [-0.05, 0) is 31.7 Å². The number of piperidine rings is 1. The number of primary amides is 1. The maximum absolute atomic E-state index is 13.9. The minimum absolute atomic E-state index is 0.111. The van der Waals surface area contributed by atoms with Gasteiger partial charge < -0.3 is 25.4 Å². The number of aromatic nitrogens is 4. The number of nitrogens with zero attached hydrogens (tertiary/aromatic N) is 5. The first-order valence-corrected chi connectivity index (χ1v) is 17.6. The van der Waals surface area contributed by atoms with Crippen LogP contribution in [0.25, 0.3) is 0 Å². The van der Waals surface area contributed by atoms with Gasteiger partial charge in [-0.15, -0.1) is 0 Å². The van der Waals surface area contributed by atoms with Crippen molar-refractivity contribution >= 4 is 25.6 Å². The molecule has 11 nitrogen and oxygen atoms in total. The molecule has 0 radical (unpaired) electrons. The molecule has 0 saturated carbocycles. The van der Waals surface area contributed by atoms with Gasteiger partial charge in [-0.3, -0.25) is 9.59 Å². The van der Waals surface area contributed by atoms with E-state index in [4.69, 9.17) is 15.2 Å². The highest BCUT2D eigenvalue weighted by Gasteiger charge is 2.39. The molecule has 1 amide bonds. The Labute approximate surface area is 251 Å². The van der Waals surface area contributed by atoms with Crippen LogP contribution in [0.15, 0.2) is 23.4 Å². The van der Waals surface area contributed by atoms with Gasteiger partial charge >= 0.3 is 12.4 Å². The van der Waals surface area contributed by atoms with E-state index in [0.717, 1.165) is 12.2 Å². The number of halogens is 6. The molecule has 0 aromatic carbocycles. The number of hydrogen-bond donors (Lipinski definition) is 2. The molecule has 0 spiro atoms. The number of carbonyl (C=O) groups is 1. The second-order valence-corrected chi connectivity index (χ2v) is 17.5. The van der Waals surface area contributed by atoms with Crippen LogP contribution in [0.3, 0.4) is 0 Å². The topological polar surface area (TPSA) is 137 Å². The van der Waals surface area contributed by atoms with E-state index in [1.165, 1.54) is 6.92 Å². The molecule has 1 fully saturated rings. The summed E-state index contributed by atoms with van der Waals surface area (Å²) in [5, 5.41) is 6.43. The van der Waals surface area contributed by atoms with Crippen LogP contribution in [-0.4, -0.2) is 72.2 Å². The van der Waals surface area contributed by atoms with Crippen LogP contribution in [0.5, 0.6) is 0 Å². The molecule has 3 heterocycles. The Morgan fingerprint density at radius 1 is 1.09 bits per heavy atom. The number of nitrogens with two attached hydrogens (primary N) is 1. The van der Waals surface area contributed by atoms with Crippen molar-refractivity contribution in [2.24, 2.45) is 11.7 Å². The minimum Gasteiger partial charge on any atom is -0.378 e. The van der Waals surface area contributed by atoms with Crippen molar-refractivity contribution in [3.63, 3.8) is 0 Å². The number of amides is 1. The third-order valence-corrected chi connectivity index (χ3v) is 8.67. The second kappa shape index (κ2) is 14.2. The van der Waals surface area contributed by atoms with Gasteiger partial charge in [-0.2, -0.15) is 31.4 Å². The maximum atomic E-state index is 13.9. The second-order valence-electron chi connectivity index (χ2n) is 11.9. The molecule has 2 aromatic rings. The van der Waals surface area contributed by atoms with Crippen LogP contribution in [0.1, 0.15) is 30.9 Å². The molecule has 2 atom stereocenters. The molecule has 3 N–H and O–H groups in total. The van der Waals surface area contributed by atoms with Gasteiger partial charge in [0.2, 0.25) is 11.9 Å². The van der Waals surface area contributed by atoms with Crippen LogP contribution in [0.4, 0.5) is 38.0 Å². The average molecular weight is 654 g/mol. The molecule has 3 rings (SSSR count). The lowest BCUT2D eigenvalue weighted by molar-refractivity contribution is -0.139. The summed E-state index contributed by atoms with van der Waals surface area (Å²) in [5.41, 5.74) is 1.25. The summed E-state index contributed by atoms with van der Waals surface area (Å²) in [5.74, 6) is -1.02. The van der Waals surface area contributed by atoms with Gasteiger partial charge in [-0.1, -0.05) is 19.6 Å². The highest BCUT2D eigenvalue weighted by atomic mass is 28.3. The van der Waals surface area contributed by atoms with Gasteiger partial charge in [0.1, 0.15) is 18.4 Å². The van der Waals surface area contributed by atoms with E-state index < -0.39 is 67.6 Å². The zero-order chi connectivity index (χ0) is 32.9. The molecule has 1 aliphatic heterocycles. The zero-order valence-corrected chi connectivity index (χ0v) is 25.8. The Morgan fingerprint density at radius 3 is 2.23 bits per heavy atom. The van der Waals surface area contributed by atoms with Crippen LogP contribution in [0.2, 0.25) is 25.7 Å². The number of nitrogens with one attached hydrogen (secondary N) is 1. The van der Waals surface area contributed by atoms with Crippen LogP contribution in [0, 0.1) is 5.92 Å². The summed E-state index contributed by atoms with van der Waals surface area (Å²) >= 11 is 0. The first kappa shape index (κ1) is 35.2. The van der Waals surface area contributed by atoms with Gasteiger partial charge in [0.05, 0.1) is 24.1 Å². The van der Waals surface area contributed by atoms with Gasteiger partial charge in [0.25, 0.3) is 5.56 Å². The lowest BCUT2D eigenvalue weighted by atomic mass is 9.90. The summed E-state index contributed by atoms with van der Waals surface area (Å²) in [6.07, 6.45) is -7.57. The fourth-order valence-corrected chi connectivity index (χ4v) is 5.29. The number of carbonyl (C=O) groups excluding carboxylic acids is 1. The van der Waals surface area contributed by atoms with Crippen molar-refractivity contribution in [1.29, 1.82) is 0 Å². The summed E-state index contributed by atoms with van der Waals surface area (Å²) < 4.78 is 91.8. The number of hydrogen-bond acceptors (Lipinski definition) is 9. The number of alkyl halides is 6. The van der Waals surface area contributed by atoms with Crippen molar-refractivity contribution in [3.05, 3.63) is 40.1 Å². The largest absolute Gasteiger partial charge is 0.423 e. The predicted molar refractivity (Wildman–Crippen MR) is 152 cm³/mol. The van der Waals surface area contributed by atoms with Gasteiger partial charge in [0, 0.05) is 46.2 Å². The molecule has 1 saturated heterocycles. The predicted octanol–water partition coefficient (Wildman–Crippen LogP) is 3.97. The molecular weight excluding hydrogens is 616 g/mol. The Kier molecular flexibility index (Phi) is 11.4. The van der Waals surface area contributed by atoms with E-state index in [-0.39, 0.29) is 18.5 Å². The van der Waals surface area contributed by atoms with E-state index in [2.05, 4.69) is 40.0 Å². The Bertz CT molecular complexity index is 1310. The molecule has 18 heteroatoms. The average Bonchev–Trinajstić information content (AvgIpc) is 2.90. The standard InChI is InChI=1S/C26H37F6N7O4Si/c1-16(37-19-13-36-39(15-42-9-10-44(2,3)4)23(41)20(19)26(30,31)32)14-43-21(22(33)40)17-5-7-38(8-6-17)24-34-11-18(12-35-24)25(27,28)29/h11-13,16-17,21,37H,5-10,14-15H2,1-4H3,(H2,33,40)/t16-,21?/m0/s1. The lowest BCUT2D eigenvalue weighted by Gasteiger charge is -2.35. The molecule has 1 unspecified atom stereocenters. The summed E-state index contributed by atoms with van der Waals surface area (Å²) in [6.45, 7) is 8.13. The zero-order valence-electron chi connectivity index (χ0n) is 24.8. The molecule has 44 heavy (non-hydrogen) atoms. The number of ether oxygens (including phenoxy) is 2. The highest BCUT2D eigenvalue weighted by molar-refractivity contribution is 6.76. The summed E-state index contributed by atoms with van der Waals surface area (Å²) in [6, 6.07) is -0.0204. The summed E-state index contributed by atoms with van der Waals surface area (Å²) in [4.78, 5) is 34.1. The first-order valence-electron chi connectivity index (χ1n) is 13.9. The molecule has 0 bridgehead atoms. The Morgan fingerprint density at radius 2 is 1.70 bits per heavy atom. The normalized spacial score (nSPS) is 16.5. The monoisotopic (exact) mass is 653 g/mol. The number of anilines is 2. The van der Waals surface area contributed by atoms with E-state index >= 15 is 0 Å². The lowest BCUT2D eigenvalue weighted by Crippen LogP contribution is -2.45. The van der Waals surface area contributed by atoms with Crippen molar-refractivity contribution in [2.75, 3.05) is 36.5 Å². The van der Waals surface area contributed by atoms with Crippen LogP contribution in [-0.2, 0) is 33.4 Å². The SMILES string of the molecule is C[C@@H](COC(C(N)=O)C1CCN(c2ncc(C(F)(F)F)cn2)CC1)Nc1cnn(COCC[Si](C)(C)C)c(=O)c1C(F)(F)F. The van der Waals surface area contributed by atoms with E-state index in [0.29, 0.717) is 49.6 Å². The molecule has 1 aliphatic rings. The summed E-state index contributed by atoms with van der Waals surface area (Å²) in [7, 11) is -1.44. The Hall–Kier alpha value is -3.25. The maximum Gasteiger partial charge on any atom is 0.423 e. The van der Waals surface area contributed by atoms with Crippen molar-refractivity contribution in [3.8, 4) is 0 Å². The van der Waals surface area contributed by atoms with Crippen molar-refractivity contribution < 1.29 is 40.6 Å². The van der Waals surface area contributed by atoms with Gasteiger partial charge in [0.15, 0.2) is 0 Å². The van der Waals surface area contributed by atoms with Crippen molar-refractivity contribution in [2.45, 2.75) is 76.7 Å². The van der Waals surface area contributed by atoms with Crippen LogP contribution >= 0.6 is 0 Å². The molecule has 2 aromatic heterocycles. The van der Waals surface area contributed by atoms with Crippen LogP contribution < -0.4 is 21.5 Å². The fraction of sp³-hybridized carbons (Fsp3) is 0.654. The third-order valence-electron chi connectivity index (χ3n) is 6.96. The molecule has 0 aliphatic carbocycles. The van der Waals surface area contributed by atoms with Gasteiger partial charge in [-0.25, -0.2) is 14.6 Å². The molecule has 246 valence electrons. The minimum atomic E-state index is -4.98. The number of rotatable bonds is 13. The van der Waals surface area contributed by atoms with E-state index in [1.54, 1.807) is 4.90 Å². The smallest absolute Gasteiger partial charge is 0.378 e. The first-order chi connectivity index (χ1) is 20.4. The fourth-order valence-electron chi connectivity index (χ4n) is 4.53. The van der Waals surface area contributed by atoms with Crippen molar-refractivity contribution in [1.82, 2.24) is 19.7 Å². The Balaban J connectivity index is 1.60. The quantitative estimate of drug-likeness (QED) is 0.187. The third kappa shape index (κ3) is 9.88. The van der Waals surface area contributed by atoms with E-state index in [9.17, 15) is 35.9 Å².